The van der Waals surface area contributed by atoms with Gasteiger partial charge in [-0.3, -0.25) is 4.79 Å². The lowest BCUT2D eigenvalue weighted by Crippen LogP contribution is -2.14. The molecule has 7 heteroatoms. The van der Waals surface area contributed by atoms with Crippen LogP contribution in [-0.2, 0) is 4.79 Å². The third kappa shape index (κ3) is 4.37. The van der Waals surface area contributed by atoms with Crippen molar-refractivity contribution < 1.29 is 4.79 Å². The fourth-order valence-corrected chi connectivity index (χ4v) is 3.10. The summed E-state index contributed by atoms with van der Waals surface area (Å²) in [6.45, 7) is 0. The highest BCUT2D eigenvalue weighted by atomic mass is 35.5. The molecule has 1 N–H and O–H groups in total. The molecule has 0 fully saturated rings. The van der Waals surface area contributed by atoms with Crippen molar-refractivity contribution in [3.8, 4) is 5.69 Å². The molecule has 0 unspecified atom stereocenters. The second kappa shape index (κ2) is 7.99. The van der Waals surface area contributed by atoms with Gasteiger partial charge >= 0.3 is 0 Å². The van der Waals surface area contributed by atoms with E-state index in [1.54, 1.807) is 28.8 Å². The predicted molar refractivity (Wildman–Crippen MR) is 96.8 cm³/mol. The lowest BCUT2D eigenvalue weighted by molar-refractivity contribution is -0.115. The second-order valence-corrected chi connectivity index (χ2v) is 6.57. The van der Waals surface area contributed by atoms with E-state index in [0.29, 0.717) is 22.9 Å². The van der Waals surface area contributed by atoms with E-state index in [9.17, 15) is 4.79 Å². The van der Waals surface area contributed by atoms with E-state index in [1.165, 1.54) is 0 Å². The Morgan fingerprint density at radius 3 is 2.71 bits per heavy atom. The molecule has 0 atom stereocenters. The highest BCUT2D eigenvalue weighted by molar-refractivity contribution is 7.99. The SMILES string of the molecule is O=C(CCSc1ccc(Cl)cc1)Nc1ccccc1-n1ccnn1. The monoisotopic (exact) mass is 358 g/mol. The molecule has 1 amide bonds. The summed E-state index contributed by atoms with van der Waals surface area (Å²) in [5.74, 6) is 0.655. The van der Waals surface area contributed by atoms with Crippen LogP contribution in [0.5, 0.6) is 0 Å². The molecule has 0 saturated heterocycles. The first-order valence-electron chi connectivity index (χ1n) is 7.36. The molecular formula is C17H15ClN4OS. The minimum absolute atomic E-state index is 0.0379. The fourth-order valence-electron chi connectivity index (χ4n) is 2.12. The summed E-state index contributed by atoms with van der Waals surface area (Å²) < 4.78 is 1.62. The van der Waals surface area contributed by atoms with Crippen LogP contribution in [0.1, 0.15) is 6.42 Å². The highest BCUT2D eigenvalue weighted by Gasteiger charge is 2.08. The number of anilines is 1. The van der Waals surface area contributed by atoms with Gasteiger partial charge in [0.2, 0.25) is 5.91 Å². The number of para-hydroxylation sites is 2. The van der Waals surface area contributed by atoms with Gasteiger partial charge in [0.25, 0.3) is 0 Å². The Bertz CT molecular complexity index is 806. The van der Waals surface area contributed by atoms with Crippen molar-refractivity contribution in [1.82, 2.24) is 15.0 Å². The summed E-state index contributed by atoms with van der Waals surface area (Å²) in [6.07, 6.45) is 3.75. The first-order chi connectivity index (χ1) is 11.7. The molecule has 3 rings (SSSR count). The summed E-state index contributed by atoms with van der Waals surface area (Å²) >= 11 is 7.48. The van der Waals surface area contributed by atoms with Crippen molar-refractivity contribution in [1.29, 1.82) is 0 Å². The number of carbonyl (C=O) groups is 1. The lowest BCUT2D eigenvalue weighted by Gasteiger charge is -2.10. The van der Waals surface area contributed by atoms with Crippen LogP contribution in [0.3, 0.4) is 0 Å². The number of nitrogens with zero attached hydrogens (tertiary/aromatic N) is 3. The summed E-state index contributed by atoms with van der Waals surface area (Å²) in [4.78, 5) is 13.3. The van der Waals surface area contributed by atoms with E-state index in [-0.39, 0.29) is 5.91 Å². The number of nitrogens with one attached hydrogen (secondary N) is 1. The van der Waals surface area contributed by atoms with E-state index < -0.39 is 0 Å². The zero-order valence-electron chi connectivity index (χ0n) is 12.7. The van der Waals surface area contributed by atoms with Crippen LogP contribution in [0.2, 0.25) is 5.02 Å². The predicted octanol–water partition coefficient (Wildman–Crippen LogP) is 4.04. The summed E-state index contributed by atoms with van der Waals surface area (Å²) in [6, 6.07) is 15.1. The Kier molecular flexibility index (Phi) is 5.51. The number of halogens is 1. The minimum Gasteiger partial charge on any atom is -0.324 e. The van der Waals surface area contributed by atoms with Crippen molar-refractivity contribution >= 4 is 35.0 Å². The maximum atomic E-state index is 12.2. The third-order valence-corrected chi connectivity index (χ3v) is 4.52. The number of aromatic nitrogens is 3. The molecule has 1 heterocycles. The number of benzene rings is 2. The molecule has 0 radical (unpaired) electrons. The molecule has 0 aliphatic carbocycles. The van der Waals surface area contributed by atoms with Crippen LogP contribution < -0.4 is 5.32 Å². The van der Waals surface area contributed by atoms with Gasteiger partial charge in [-0.15, -0.1) is 16.9 Å². The highest BCUT2D eigenvalue weighted by Crippen LogP contribution is 2.22. The Balaban J connectivity index is 1.57. The molecule has 24 heavy (non-hydrogen) atoms. The van der Waals surface area contributed by atoms with Crippen LogP contribution in [-0.4, -0.2) is 26.7 Å². The number of rotatable bonds is 6. The maximum absolute atomic E-state index is 12.2. The molecule has 0 saturated carbocycles. The standard InChI is InChI=1S/C17H15ClN4OS/c18-13-5-7-14(8-6-13)24-12-9-17(23)20-15-3-1-2-4-16(15)22-11-10-19-21-22/h1-8,10-11H,9,12H2,(H,20,23). The van der Waals surface area contributed by atoms with Gasteiger partial charge in [-0.1, -0.05) is 28.9 Å². The average molecular weight is 359 g/mol. The Morgan fingerprint density at radius 1 is 1.17 bits per heavy atom. The van der Waals surface area contributed by atoms with E-state index in [2.05, 4.69) is 15.6 Å². The molecule has 122 valence electrons. The van der Waals surface area contributed by atoms with E-state index >= 15 is 0 Å². The number of hydrogen-bond acceptors (Lipinski definition) is 4. The maximum Gasteiger partial charge on any atom is 0.225 e. The van der Waals surface area contributed by atoms with Gasteiger partial charge in [-0.2, -0.15) is 0 Å². The Labute approximate surface area is 149 Å². The topological polar surface area (TPSA) is 59.8 Å². The molecule has 0 aliphatic rings. The van der Waals surface area contributed by atoms with E-state index in [0.717, 1.165) is 10.6 Å². The van der Waals surface area contributed by atoms with Crippen molar-refractivity contribution in [2.75, 3.05) is 11.1 Å². The van der Waals surface area contributed by atoms with Crippen LogP contribution in [0.25, 0.3) is 5.69 Å². The second-order valence-electron chi connectivity index (χ2n) is 4.97. The van der Waals surface area contributed by atoms with Crippen LogP contribution in [0.4, 0.5) is 5.69 Å². The third-order valence-electron chi connectivity index (χ3n) is 3.26. The molecule has 3 aromatic rings. The average Bonchev–Trinajstić information content (AvgIpc) is 3.11. The largest absolute Gasteiger partial charge is 0.324 e. The van der Waals surface area contributed by atoms with E-state index in [4.69, 9.17) is 11.6 Å². The fraction of sp³-hybridized carbons (Fsp3) is 0.118. The zero-order valence-corrected chi connectivity index (χ0v) is 14.3. The molecular weight excluding hydrogens is 344 g/mol. The lowest BCUT2D eigenvalue weighted by atomic mass is 10.2. The molecule has 0 aliphatic heterocycles. The van der Waals surface area contributed by atoms with Gasteiger partial charge in [0, 0.05) is 22.1 Å². The van der Waals surface area contributed by atoms with Gasteiger partial charge in [0.05, 0.1) is 23.8 Å². The van der Waals surface area contributed by atoms with Crippen molar-refractivity contribution in [2.24, 2.45) is 0 Å². The van der Waals surface area contributed by atoms with Gasteiger partial charge in [-0.25, -0.2) is 4.68 Å². The molecule has 5 nitrogen and oxygen atoms in total. The Hall–Kier alpha value is -2.31. The summed E-state index contributed by atoms with van der Waals surface area (Å²) in [5, 5.41) is 11.4. The van der Waals surface area contributed by atoms with Crippen LogP contribution in [0, 0.1) is 0 Å². The Morgan fingerprint density at radius 2 is 1.96 bits per heavy atom. The van der Waals surface area contributed by atoms with Crippen LogP contribution >= 0.6 is 23.4 Å². The van der Waals surface area contributed by atoms with Gasteiger partial charge in [0.15, 0.2) is 0 Å². The first kappa shape index (κ1) is 16.5. The molecule has 2 aromatic carbocycles. The number of carbonyl (C=O) groups excluding carboxylic acids is 1. The van der Waals surface area contributed by atoms with E-state index in [1.807, 2.05) is 48.5 Å². The molecule has 1 aromatic heterocycles. The van der Waals surface area contributed by atoms with Crippen molar-refractivity contribution in [3.63, 3.8) is 0 Å². The first-order valence-corrected chi connectivity index (χ1v) is 8.73. The smallest absolute Gasteiger partial charge is 0.225 e. The number of thioether (sulfide) groups is 1. The zero-order chi connectivity index (χ0) is 16.8. The molecule has 0 bridgehead atoms. The minimum atomic E-state index is -0.0379. The van der Waals surface area contributed by atoms with Gasteiger partial charge < -0.3 is 5.32 Å². The molecule has 0 spiro atoms. The summed E-state index contributed by atoms with van der Waals surface area (Å²) in [5.41, 5.74) is 1.50. The normalized spacial score (nSPS) is 10.5. The number of amides is 1. The van der Waals surface area contributed by atoms with Gasteiger partial charge in [-0.05, 0) is 36.4 Å². The summed E-state index contributed by atoms with van der Waals surface area (Å²) in [7, 11) is 0. The quantitative estimate of drug-likeness (QED) is 0.675. The van der Waals surface area contributed by atoms with Crippen molar-refractivity contribution in [2.45, 2.75) is 11.3 Å². The van der Waals surface area contributed by atoms with Crippen molar-refractivity contribution in [3.05, 3.63) is 65.9 Å². The van der Waals surface area contributed by atoms with Gasteiger partial charge in [0.1, 0.15) is 0 Å². The number of hydrogen-bond donors (Lipinski definition) is 1. The van der Waals surface area contributed by atoms with Crippen LogP contribution in [0.15, 0.2) is 65.8 Å².